The van der Waals surface area contributed by atoms with Crippen molar-refractivity contribution in [1.82, 2.24) is 15.1 Å². The number of nitrogens with zero attached hydrogens (tertiary/aromatic N) is 2. The molecule has 3 aliphatic rings. The van der Waals surface area contributed by atoms with Gasteiger partial charge in [0.2, 0.25) is 5.91 Å². The van der Waals surface area contributed by atoms with E-state index >= 15 is 0 Å². The van der Waals surface area contributed by atoms with Crippen LogP contribution in [-0.4, -0.2) is 74.6 Å². The smallest absolute Gasteiger partial charge is 0.305 e. The number of ether oxygens (including phenoxy) is 1. The third-order valence-electron chi connectivity index (χ3n) is 6.86. The first-order chi connectivity index (χ1) is 13.2. The second kappa shape index (κ2) is 10.4. The van der Waals surface area contributed by atoms with E-state index in [1.54, 1.807) is 0 Å². The summed E-state index contributed by atoms with van der Waals surface area (Å²) in [4.78, 5) is 28.9. The molecule has 0 aromatic carbocycles. The summed E-state index contributed by atoms with van der Waals surface area (Å²) in [5, 5.41) is 3.44. The number of piperidine rings is 3. The molecular formula is C21H37N3O3. The Morgan fingerprint density at radius 2 is 1.59 bits per heavy atom. The van der Waals surface area contributed by atoms with E-state index in [4.69, 9.17) is 4.74 Å². The molecule has 3 saturated heterocycles. The highest BCUT2D eigenvalue weighted by molar-refractivity contribution is 5.79. The average molecular weight is 380 g/mol. The van der Waals surface area contributed by atoms with E-state index in [0.29, 0.717) is 18.2 Å². The molecule has 1 N–H and O–H groups in total. The van der Waals surface area contributed by atoms with Gasteiger partial charge in [0.25, 0.3) is 0 Å². The van der Waals surface area contributed by atoms with Crippen molar-refractivity contribution in [3.05, 3.63) is 0 Å². The van der Waals surface area contributed by atoms with E-state index in [2.05, 4.69) is 10.2 Å². The highest BCUT2D eigenvalue weighted by atomic mass is 16.5. The molecule has 3 fully saturated rings. The maximum atomic E-state index is 12.9. The van der Waals surface area contributed by atoms with Crippen molar-refractivity contribution in [2.75, 3.05) is 52.9 Å². The van der Waals surface area contributed by atoms with Crippen molar-refractivity contribution in [2.24, 2.45) is 17.8 Å². The average Bonchev–Trinajstić information content (AvgIpc) is 2.73. The molecule has 3 heterocycles. The van der Waals surface area contributed by atoms with Crippen LogP contribution in [0.5, 0.6) is 0 Å². The molecule has 0 radical (unpaired) electrons. The van der Waals surface area contributed by atoms with Gasteiger partial charge in [0.15, 0.2) is 0 Å². The molecule has 0 aliphatic carbocycles. The van der Waals surface area contributed by atoms with Gasteiger partial charge < -0.3 is 19.9 Å². The van der Waals surface area contributed by atoms with E-state index in [1.165, 1.54) is 46.0 Å². The lowest BCUT2D eigenvalue weighted by Crippen LogP contribution is -2.46. The maximum absolute atomic E-state index is 12.9. The minimum Gasteiger partial charge on any atom is -0.469 e. The molecule has 0 bridgehead atoms. The summed E-state index contributed by atoms with van der Waals surface area (Å²) in [6, 6.07) is 0. The fourth-order valence-electron chi connectivity index (χ4n) is 4.87. The zero-order chi connectivity index (χ0) is 19.1. The van der Waals surface area contributed by atoms with Gasteiger partial charge in [0, 0.05) is 25.4 Å². The minimum absolute atomic E-state index is 0.128. The highest BCUT2D eigenvalue weighted by Crippen LogP contribution is 2.26. The van der Waals surface area contributed by atoms with E-state index in [1.807, 2.05) is 4.90 Å². The number of nitrogens with one attached hydrogen (secondary N) is 1. The Hall–Kier alpha value is -1.14. The molecular weight excluding hydrogens is 342 g/mol. The first-order valence-electron chi connectivity index (χ1n) is 10.9. The predicted octanol–water partition coefficient (Wildman–Crippen LogP) is 1.89. The number of esters is 1. The lowest BCUT2D eigenvalue weighted by Gasteiger charge is -2.37. The summed E-state index contributed by atoms with van der Waals surface area (Å²) in [5.74, 6) is 1.69. The SMILES string of the molecule is COC(=O)CC1CCN(C(=O)C2CCN(CCC3CCNCC3)CC2)CC1. The molecule has 0 spiro atoms. The van der Waals surface area contributed by atoms with Crippen LogP contribution in [0.4, 0.5) is 0 Å². The number of amides is 1. The zero-order valence-electron chi connectivity index (χ0n) is 17.0. The first kappa shape index (κ1) is 20.6. The lowest BCUT2D eigenvalue weighted by molar-refractivity contribution is -0.142. The molecule has 3 rings (SSSR count). The predicted molar refractivity (Wildman–Crippen MR) is 105 cm³/mol. The summed E-state index contributed by atoms with van der Waals surface area (Å²) >= 11 is 0. The number of carbonyl (C=O) groups excluding carboxylic acids is 2. The molecule has 6 nitrogen and oxygen atoms in total. The number of likely N-dealkylation sites (tertiary alicyclic amines) is 2. The van der Waals surface area contributed by atoms with Crippen LogP contribution in [0, 0.1) is 17.8 Å². The van der Waals surface area contributed by atoms with E-state index < -0.39 is 0 Å². The summed E-state index contributed by atoms with van der Waals surface area (Å²) in [6.07, 6.45) is 8.32. The van der Waals surface area contributed by atoms with Gasteiger partial charge in [-0.3, -0.25) is 9.59 Å². The van der Waals surface area contributed by atoms with Crippen molar-refractivity contribution in [1.29, 1.82) is 0 Å². The molecule has 154 valence electrons. The Kier molecular flexibility index (Phi) is 7.94. The van der Waals surface area contributed by atoms with Crippen molar-refractivity contribution in [2.45, 2.75) is 51.4 Å². The van der Waals surface area contributed by atoms with Gasteiger partial charge >= 0.3 is 5.97 Å². The Morgan fingerprint density at radius 3 is 2.22 bits per heavy atom. The number of rotatable bonds is 6. The largest absolute Gasteiger partial charge is 0.469 e. The monoisotopic (exact) mass is 379 g/mol. The van der Waals surface area contributed by atoms with Gasteiger partial charge in [-0.15, -0.1) is 0 Å². The topological polar surface area (TPSA) is 61.9 Å². The first-order valence-corrected chi connectivity index (χ1v) is 10.9. The van der Waals surface area contributed by atoms with Gasteiger partial charge in [-0.1, -0.05) is 0 Å². The van der Waals surface area contributed by atoms with Gasteiger partial charge in [-0.05, 0) is 89.5 Å². The van der Waals surface area contributed by atoms with Gasteiger partial charge in [0.1, 0.15) is 0 Å². The zero-order valence-corrected chi connectivity index (χ0v) is 17.0. The third-order valence-corrected chi connectivity index (χ3v) is 6.86. The summed E-state index contributed by atoms with van der Waals surface area (Å²) in [6.45, 7) is 7.30. The van der Waals surface area contributed by atoms with Crippen molar-refractivity contribution >= 4 is 11.9 Å². The fourth-order valence-corrected chi connectivity index (χ4v) is 4.87. The van der Waals surface area contributed by atoms with Crippen molar-refractivity contribution in [3.8, 4) is 0 Å². The maximum Gasteiger partial charge on any atom is 0.305 e. The molecule has 6 heteroatoms. The standard InChI is InChI=1S/C21H37N3O3/c1-27-20(25)16-18-5-14-24(15-6-18)21(26)19-7-12-23(13-8-19)11-4-17-2-9-22-10-3-17/h17-19,22H,2-16H2,1H3. The van der Waals surface area contributed by atoms with Gasteiger partial charge in [0.05, 0.1) is 7.11 Å². The molecule has 0 aromatic rings. The van der Waals surface area contributed by atoms with Crippen LogP contribution in [0.1, 0.15) is 51.4 Å². The second-order valence-electron chi connectivity index (χ2n) is 8.65. The number of hydrogen-bond acceptors (Lipinski definition) is 5. The number of methoxy groups -OCH3 is 1. The molecule has 3 aliphatic heterocycles. The van der Waals surface area contributed by atoms with Crippen LogP contribution in [-0.2, 0) is 14.3 Å². The van der Waals surface area contributed by atoms with Crippen LogP contribution in [0.25, 0.3) is 0 Å². The molecule has 0 saturated carbocycles. The Morgan fingerprint density at radius 1 is 0.926 bits per heavy atom. The summed E-state index contributed by atoms with van der Waals surface area (Å²) in [5.41, 5.74) is 0. The molecule has 1 amide bonds. The minimum atomic E-state index is -0.128. The number of carbonyl (C=O) groups is 2. The Bertz CT molecular complexity index is 477. The van der Waals surface area contributed by atoms with Crippen molar-refractivity contribution < 1.29 is 14.3 Å². The van der Waals surface area contributed by atoms with Crippen LogP contribution in [0.15, 0.2) is 0 Å². The molecule has 27 heavy (non-hydrogen) atoms. The summed E-state index contributed by atoms with van der Waals surface area (Å²) < 4.78 is 4.76. The number of hydrogen-bond donors (Lipinski definition) is 1. The normalized spacial score (nSPS) is 24.1. The van der Waals surface area contributed by atoms with Crippen LogP contribution in [0.3, 0.4) is 0 Å². The van der Waals surface area contributed by atoms with Crippen molar-refractivity contribution in [3.63, 3.8) is 0 Å². The molecule has 0 unspecified atom stereocenters. The second-order valence-corrected chi connectivity index (χ2v) is 8.65. The van der Waals surface area contributed by atoms with E-state index in [0.717, 1.165) is 57.8 Å². The van der Waals surface area contributed by atoms with E-state index in [-0.39, 0.29) is 11.9 Å². The Balaban J connectivity index is 1.33. The van der Waals surface area contributed by atoms with Crippen LogP contribution >= 0.6 is 0 Å². The Labute approximate surface area is 164 Å². The summed E-state index contributed by atoms with van der Waals surface area (Å²) in [7, 11) is 1.44. The lowest BCUT2D eigenvalue weighted by atomic mass is 9.90. The van der Waals surface area contributed by atoms with Gasteiger partial charge in [-0.2, -0.15) is 0 Å². The van der Waals surface area contributed by atoms with Gasteiger partial charge in [-0.25, -0.2) is 0 Å². The van der Waals surface area contributed by atoms with E-state index in [9.17, 15) is 9.59 Å². The fraction of sp³-hybridized carbons (Fsp3) is 0.905. The van der Waals surface area contributed by atoms with Crippen LogP contribution in [0.2, 0.25) is 0 Å². The quantitative estimate of drug-likeness (QED) is 0.714. The van der Waals surface area contributed by atoms with Crippen LogP contribution < -0.4 is 5.32 Å². The highest BCUT2D eigenvalue weighted by Gasteiger charge is 2.31. The molecule has 0 aromatic heterocycles. The molecule has 0 atom stereocenters. The third kappa shape index (κ3) is 6.18.